The van der Waals surface area contributed by atoms with Crippen LogP contribution in [0.15, 0.2) is 0 Å². The molecule has 0 aliphatic rings. The number of rotatable bonds is 3. The minimum Gasteiger partial charge on any atom is -0.319 e. The Balaban J connectivity index is 2.83. The van der Waals surface area contributed by atoms with Crippen molar-refractivity contribution in [2.24, 2.45) is 0 Å². The van der Waals surface area contributed by atoms with E-state index in [-0.39, 0.29) is 0 Å². The summed E-state index contributed by atoms with van der Waals surface area (Å²) in [6.07, 6.45) is 0. The molecule has 2 atom stereocenters. The first kappa shape index (κ1) is 7.39. The van der Waals surface area contributed by atoms with E-state index in [1.165, 1.54) is 0 Å². The second-order valence-corrected chi connectivity index (χ2v) is 3.31. The average molecular weight is 119 g/mol. The summed E-state index contributed by atoms with van der Waals surface area (Å²) in [7, 11) is 3.07. The first-order valence-electron chi connectivity index (χ1n) is 2.63. The fraction of sp³-hybridized carbons (Fsp3) is 1.00. The van der Waals surface area contributed by atoms with Crippen molar-refractivity contribution >= 4 is 8.58 Å². The molecule has 0 rings (SSSR count). The Hall–Kier alpha value is 0.390. The minimum absolute atomic E-state index is 0.866. The second kappa shape index (κ2) is 4.55. The monoisotopic (exact) mass is 119 g/mol. The van der Waals surface area contributed by atoms with E-state index < -0.39 is 0 Å². The smallest absolute Gasteiger partial charge is 0.00108 e. The molecule has 0 aromatic carbocycles. The van der Waals surface area contributed by atoms with Crippen molar-refractivity contribution in [2.75, 3.05) is 20.3 Å². The van der Waals surface area contributed by atoms with Crippen LogP contribution in [0.1, 0.15) is 6.92 Å². The Labute approximate surface area is 47.7 Å². The summed E-state index contributed by atoms with van der Waals surface area (Å²) >= 11 is 0. The highest BCUT2D eigenvalue weighted by molar-refractivity contribution is 7.37. The number of hydrogen-bond donors (Lipinski definition) is 1. The normalized spacial score (nSPS) is 15.9. The van der Waals surface area contributed by atoms with E-state index in [1.807, 2.05) is 7.05 Å². The zero-order chi connectivity index (χ0) is 5.70. The van der Waals surface area contributed by atoms with Crippen molar-refractivity contribution in [1.82, 2.24) is 5.32 Å². The van der Waals surface area contributed by atoms with Crippen molar-refractivity contribution in [2.45, 2.75) is 12.6 Å². The first-order valence-corrected chi connectivity index (χ1v) is 4.21. The van der Waals surface area contributed by atoms with Gasteiger partial charge in [0.2, 0.25) is 0 Å². The van der Waals surface area contributed by atoms with Crippen molar-refractivity contribution in [3.63, 3.8) is 0 Å². The van der Waals surface area contributed by atoms with Gasteiger partial charge in [-0.25, -0.2) is 0 Å². The Bertz CT molecular complexity index is 39.1. The van der Waals surface area contributed by atoms with Crippen molar-refractivity contribution in [3.8, 4) is 0 Å². The SMILES string of the molecule is CNCC(C)PC. The van der Waals surface area contributed by atoms with Crippen LogP contribution in [0.25, 0.3) is 0 Å². The molecular weight excluding hydrogens is 105 g/mol. The summed E-state index contributed by atoms with van der Waals surface area (Å²) in [6.45, 7) is 5.66. The maximum Gasteiger partial charge on any atom is 0.00108 e. The lowest BCUT2D eigenvalue weighted by atomic mass is 10.5. The predicted molar refractivity (Wildman–Crippen MR) is 37.6 cm³/mol. The predicted octanol–water partition coefficient (Wildman–Crippen LogP) is 0.903. The van der Waals surface area contributed by atoms with Gasteiger partial charge in [-0.1, -0.05) is 6.92 Å². The molecule has 1 nitrogen and oxygen atoms in total. The van der Waals surface area contributed by atoms with Crippen LogP contribution in [0, 0.1) is 0 Å². The average Bonchev–Trinajstić information content (AvgIpc) is 1.68. The molecule has 0 bridgehead atoms. The van der Waals surface area contributed by atoms with E-state index in [1.54, 1.807) is 0 Å². The fourth-order valence-corrected chi connectivity index (χ4v) is 0.816. The van der Waals surface area contributed by atoms with Crippen LogP contribution in [0.4, 0.5) is 0 Å². The van der Waals surface area contributed by atoms with Crippen molar-refractivity contribution < 1.29 is 0 Å². The zero-order valence-electron chi connectivity index (χ0n) is 5.28. The van der Waals surface area contributed by atoms with E-state index in [0.29, 0.717) is 0 Å². The standard InChI is InChI=1S/C5H14NP/c1-5(7-3)4-6-2/h5-7H,4H2,1-3H3. The van der Waals surface area contributed by atoms with Gasteiger partial charge in [-0.2, -0.15) is 0 Å². The topological polar surface area (TPSA) is 12.0 Å². The van der Waals surface area contributed by atoms with Crippen LogP contribution in [-0.4, -0.2) is 25.9 Å². The minimum atomic E-state index is 0.866. The maximum atomic E-state index is 3.13. The molecule has 0 amide bonds. The van der Waals surface area contributed by atoms with E-state index in [0.717, 1.165) is 20.8 Å². The molecule has 7 heavy (non-hydrogen) atoms. The molecule has 44 valence electrons. The Morgan fingerprint density at radius 2 is 2.29 bits per heavy atom. The molecule has 0 aliphatic carbocycles. The third-order valence-corrected chi connectivity index (χ3v) is 2.19. The van der Waals surface area contributed by atoms with Gasteiger partial charge in [0, 0.05) is 6.54 Å². The van der Waals surface area contributed by atoms with Gasteiger partial charge in [0.15, 0.2) is 0 Å². The molecule has 1 N–H and O–H groups in total. The lowest BCUT2D eigenvalue weighted by molar-refractivity contribution is 0.783. The third kappa shape index (κ3) is 4.24. The summed E-state index contributed by atoms with van der Waals surface area (Å²) in [6, 6.07) is 0. The van der Waals surface area contributed by atoms with Gasteiger partial charge in [-0.15, -0.1) is 8.58 Å². The molecule has 0 aromatic heterocycles. The Morgan fingerprint density at radius 3 is 2.43 bits per heavy atom. The molecule has 0 aromatic rings. The first-order chi connectivity index (χ1) is 3.31. The molecular formula is C5H14NP. The van der Waals surface area contributed by atoms with E-state index in [2.05, 4.69) is 18.9 Å². The maximum absolute atomic E-state index is 3.13. The van der Waals surface area contributed by atoms with Crippen molar-refractivity contribution in [3.05, 3.63) is 0 Å². The summed E-state index contributed by atoms with van der Waals surface area (Å²) < 4.78 is 0. The van der Waals surface area contributed by atoms with Gasteiger partial charge in [-0.3, -0.25) is 0 Å². The highest BCUT2D eigenvalue weighted by atomic mass is 31.1. The molecule has 0 fully saturated rings. The van der Waals surface area contributed by atoms with Crippen LogP contribution in [0.5, 0.6) is 0 Å². The summed E-state index contributed by atoms with van der Waals surface area (Å²) in [5.41, 5.74) is 0.866. The van der Waals surface area contributed by atoms with Gasteiger partial charge in [0.25, 0.3) is 0 Å². The molecule has 0 spiro atoms. The van der Waals surface area contributed by atoms with Crippen LogP contribution in [0.2, 0.25) is 0 Å². The van der Waals surface area contributed by atoms with Gasteiger partial charge >= 0.3 is 0 Å². The van der Waals surface area contributed by atoms with Crippen LogP contribution in [0.3, 0.4) is 0 Å². The highest BCUT2D eigenvalue weighted by Crippen LogP contribution is 2.10. The van der Waals surface area contributed by atoms with E-state index in [4.69, 9.17) is 0 Å². The van der Waals surface area contributed by atoms with Gasteiger partial charge < -0.3 is 5.32 Å². The molecule has 0 saturated carbocycles. The van der Waals surface area contributed by atoms with E-state index in [9.17, 15) is 0 Å². The van der Waals surface area contributed by atoms with E-state index >= 15 is 0 Å². The van der Waals surface area contributed by atoms with Crippen LogP contribution >= 0.6 is 8.58 Å². The van der Waals surface area contributed by atoms with Crippen LogP contribution < -0.4 is 5.32 Å². The van der Waals surface area contributed by atoms with Crippen molar-refractivity contribution in [1.29, 1.82) is 0 Å². The highest BCUT2D eigenvalue weighted by Gasteiger charge is 1.91. The molecule has 0 saturated heterocycles. The number of hydrogen-bond acceptors (Lipinski definition) is 1. The molecule has 2 heteroatoms. The largest absolute Gasteiger partial charge is 0.319 e. The zero-order valence-corrected chi connectivity index (χ0v) is 6.28. The Morgan fingerprint density at radius 1 is 1.71 bits per heavy atom. The Kier molecular flexibility index (Phi) is 4.80. The molecule has 0 radical (unpaired) electrons. The van der Waals surface area contributed by atoms with Crippen LogP contribution in [-0.2, 0) is 0 Å². The third-order valence-electron chi connectivity index (χ3n) is 1.00. The van der Waals surface area contributed by atoms with Gasteiger partial charge in [0.1, 0.15) is 0 Å². The lowest BCUT2D eigenvalue weighted by Gasteiger charge is -2.04. The second-order valence-electron chi connectivity index (χ2n) is 1.75. The fourth-order valence-electron chi connectivity index (χ4n) is 0.408. The summed E-state index contributed by atoms with van der Waals surface area (Å²) in [4.78, 5) is 0. The van der Waals surface area contributed by atoms with Gasteiger partial charge in [0.05, 0.1) is 0 Å². The summed E-state index contributed by atoms with van der Waals surface area (Å²) in [5.74, 6) is 0. The molecule has 0 aliphatic heterocycles. The quantitative estimate of drug-likeness (QED) is 0.544. The summed E-state index contributed by atoms with van der Waals surface area (Å²) in [5, 5.41) is 3.13. The van der Waals surface area contributed by atoms with Gasteiger partial charge in [-0.05, 0) is 19.4 Å². The number of nitrogens with one attached hydrogen (secondary N) is 1. The molecule has 0 heterocycles. The lowest BCUT2D eigenvalue weighted by Crippen LogP contribution is -2.16. The molecule has 2 unspecified atom stereocenters.